The lowest BCUT2D eigenvalue weighted by Crippen LogP contribution is -2.30. The number of unbranched alkanes of at least 4 members (excludes halogenated alkanes) is 19. The maximum Gasteiger partial charge on any atom is 0.472 e. The van der Waals surface area contributed by atoms with Crippen LogP contribution >= 0.6 is 15.6 Å². The lowest BCUT2D eigenvalue weighted by molar-refractivity contribution is -0.161. The SMILES string of the molecule is CC/C=C\C/C=C\C/C=C\C/C=C\C/C=C\CCCCCCCC(=O)OCC(O)COP(=O)(O)OCC(O)COP(=O)(O)OCC(COC(=O)CCCCCCC/C=C\C/C=C\C/C=C\C/C=C\CCCCC)OC(=O)CCCCCCC/C=C\C/C=C\CCC. The molecule has 0 amide bonds. The van der Waals surface area contributed by atoms with Crippen LogP contribution in [0.1, 0.15) is 252 Å². The number of hydrogen-bond acceptors (Lipinski definition) is 14. The van der Waals surface area contributed by atoms with E-state index in [1.165, 1.54) is 25.7 Å². The van der Waals surface area contributed by atoms with Crippen molar-refractivity contribution in [2.75, 3.05) is 39.6 Å². The number of phosphoric acid groups is 2. The molecule has 0 rings (SSSR count). The van der Waals surface area contributed by atoms with Crippen molar-refractivity contribution in [1.82, 2.24) is 0 Å². The number of carbonyl (C=O) groups is 3. The molecule has 0 heterocycles. The second-order valence-electron chi connectivity index (χ2n) is 22.6. The van der Waals surface area contributed by atoms with Crippen LogP contribution in [0.5, 0.6) is 0 Å². The van der Waals surface area contributed by atoms with Gasteiger partial charge in [-0.15, -0.1) is 0 Å². The first-order valence-corrected chi connectivity index (χ1v) is 37.5. The first-order valence-electron chi connectivity index (χ1n) is 34.5. The fourth-order valence-electron chi connectivity index (χ4n) is 8.56. The summed E-state index contributed by atoms with van der Waals surface area (Å²) in [5, 5.41) is 20.5. The number of allylic oxidation sites excluding steroid dienone is 22. The molecule has 0 aromatic heterocycles. The number of carbonyl (C=O) groups excluding carboxylic acids is 3. The third-order valence-corrected chi connectivity index (χ3v) is 15.7. The van der Waals surface area contributed by atoms with Crippen molar-refractivity contribution in [2.24, 2.45) is 0 Å². The highest BCUT2D eigenvalue weighted by Gasteiger charge is 2.29. The standard InChI is InChI=1S/C73H122O16P2/c1-4-7-10-13-16-19-22-25-27-29-31-33-35-37-39-42-44-47-50-53-56-59-71(76)83-62-68(74)63-85-90(79,80)86-64-69(75)65-87-91(81,82)88-67-70(89-73(78)61-58-55-52-49-46-41-24-21-18-15-12-9-6-3)66-84-72(77)60-57-54-51-48-45-43-40-38-36-34-32-30-28-26-23-20-17-14-11-8-5-2/h7,10,12,15-17,19-21,24-28,31-34,37-40,68-70,74-75H,4-6,8-9,11,13-14,18,22-23,29-30,35-36,41-67H2,1-3H3,(H,79,80)(H,81,82)/b10-7-,15-12-,19-16-,20-17-,24-21-,27-25-,28-26-,33-31-,34-32-,39-37-,40-38-. The number of ether oxygens (including phenoxy) is 3. The highest BCUT2D eigenvalue weighted by molar-refractivity contribution is 7.47. The van der Waals surface area contributed by atoms with Crippen LogP contribution in [0.2, 0.25) is 0 Å². The summed E-state index contributed by atoms with van der Waals surface area (Å²) in [4.78, 5) is 58.4. The molecular formula is C73H122O16P2. The van der Waals surface area contributed by atoms with Crippen molar-refractivity contribution in [2.45, 2.75) is 270 Å². The fourth-order valence-corrected chi connectivity index (χ4v) is 10.1. The molecule has 91 heavy (non-hydrogen) atoms. The zero-order valence-corrected chi connectivity index (χ0v) is 58.0. The first kappa shape index (κ1) is 86.7. The normalized spacial score (nSPS) is 15.0. The van der Waals surface area contributed by atoms with Gasteiger partial charge in [-0.3, -0.25) is 32.5 Å². The van der Waals surface area contributed by atoms with Gasteiger partial charge in [-0.2, -0.15) is 0 Å². The molecule has 0 aliphatic rings. The van der Waals surface area contributed by atoms with E-state index in [0.717, 1.165) is 167 Å². The van der Waals surface area contributed by atoms with Crippen molar-refractivity contribution in [1.29, 1.82) is 0 Å². The molecular weight excluding hydrogens is 1190 g/mol. The third kappa shape index (κ3) is 66.9. The van der Waals surface area contributed by atoms with Gasteiger partial charge in [-0.1, -0.05) is 231 Å². The molecule has 0 spiro atoms. The minimum atomic E-state index is -4.94. The molecule has 0 aliphatic heterocycles. The monoisotopic (exact) mass is 1320 g/mol. The Morgan fingerprint density at radius 1 is 0.319 bits per heavy atom. The average Bonchev–Trinajstić information content (AvgIpc) is 3.75. The Balaban J connectivity index is 4.69. The topological polar surface area (TPSA) is 231 Å². The van der Waals surface area contributed by atoms with Crippen molar-refractivity contribution in [3.05, 3.63) is 134 Å². The fraction of sp³-hybridized carbons (Fsp3) is 0.658. The van der Waals surface area contributed by atoms with Crippen LogP contribution in [0.25, 0.3) is 0 Å². The Morgan fingerprint density at radius 3 is 0.967 bits per heavy atom. The van der Waals surface area contributed by atoms with Crippen LogP contribution in [0, 0.1) is 0 Å². The van der Waals surface area contributed by atoms with E-state index in [2.05, 4.69) is 154 Å². The predicted molar refractivity (Wildman–Crippen MR) is 371 cm³/mol. The molecule has 0 aliphatic carbocycles. The van der Waals surface area contributed by atoms with E-state index < -0.39 is 91.5 Å². The van der Waals surface area contributed by atoms with Gasteiger partial charge >= 0.3 is 33.6 Å². The number of rotatable bonds is 64. The summed E-state index contributed by atoms with van der Waals surface area (Å²) in [6.45, 7) is 2.38. The molecule has 520 valence electrons. The summed E-state index contributed by atoms with van der Waals surface area (Å²) in [6, 6.07) is 0. The Bertz CT molecular complexity index is 2190. The Kier molecular flexibility index (Phi) is 62.6. The minimum absolute atomic E-state index is 0.0795. The van der Waals surface area contributed by atoms with E-state index in [9.17, 15) is 43.5 Å². The number of esters is 3. The zero-order chi connectivity index (χ0) is 66.7. The number of hydrogen-bond donors (Lipinski definition) is 4. The highest BCUT2D eigenvalue weighted by Crippen LogP contribution is 2.45. The van der Waals surface area contributed by atoms with Crippen LogP contribution in [0.3, 0.4) is 0 Å². The summed E-state index contributed by atoms with van der Waals surface area (Å²) < 4.78 is 60.8. The van der Waals surface area contributed by atoms with Crippen molar-refractivity contribution in [3.63, 3.8) is 0 Å². The number of aliphatic hydroxyl groups excluding tert-OH is 2. The van der Waals surface area contributed by atoms with Crippen molar-refractivity contribution in [3.8, 4) is 0 Å². The summed E-state index contributed by atoms with van der Waals surface area (Å²) in [6.07, 6.45) is 76.4. The third-order valence-electron chi connectivity index (χ3n) is 13.8. The molecule has 0 radical (unpaired) electrons. The van der Waals surface area contributed by atoms with Crippen molar-refractivity contribution >= 4 is 33.6 Å². The molecule has 16 nitrogen and oxygen atoms in total. The summed E-state index contributed by atoms with van der Waals surface area (Å²) in [7, 11) is -9.80. The zero-order valence-electron chi connectivity index (χ0n) is 56.2. The van der Waals surface area contributed by atoms with Gasteiger partial charge < -0.3 is 34.2 Å². The van der Waals surface area contributed by atoms with E-state index >= 15 is 0 Å². The molecule has 0 bridgehead atoms. The van der Waals surface area contributed by atoms with Crippen LogP contribution in [-0.4, -0.2) is 95.9 Å². The molecule has 18 heteroatoms. The van der Waals surface area contributed by atoms with Gasteiger partial charge in [0.25, 0.3) is 0 Å². The van der Waals surface area contributed by atoms with Crippen LogP contribution in [0.4, 0.5) is 0 Å². The molecule has 5 unspecified atom stereocenters. The highest BCUT2D eigenvalue weighted by atomic mass is 31.2. The van der Waals surface area contributed by atoms with Gasteiger partial charge in [-0.05, 0) is 135 Å². The smallest absolute Gasteiger partial charge is 0.463 e. The maximum absolute atomic E-state index is 12.9. The van der Waals surface area contributed by atoms with E-state index in [1.54, 1.807) is 0 Å². The number of aliphatic hydroxyl groups is 2. The molecule has 0 saturated heterocycles. The lowest BCUT2D eigenvalue weighted by atomic mass is 10.1. The Hall–Kier alpha value is -4.31. The molecule has 5 atom stereocenters. The molecule has 0 saturated carbocycles. The van der Waals surface area contributed by atoms with Gasteiger partial charge in [-0.25, -0.2) is 9.13 Å². The summed E-state index contributed by atoms with van der Waals surface area (Å²) in [5.74, 6) is -1.64. The number of phosphoric ester groups is 2. The van der Waals surface area contributed by atoms with Gasteiger partial charge in [0.1, 0.15) is 25.4 Å². The second-order valence-corrected chi connectivity index (χ2v) is 25.5. The molecule has 0 fully saturated rings. The van der Waals surface area contributed by atoms with E-state index in [1.807, 2.05) is 0 Å². The van der Waals surface area contributed by atoms with Gasteiger partial charge in [0, 0.05) is 19.3 Å². The van der Waals surface area contributed by atoms with Crippen LogP contribution in [-0.2, 0) is 55.8 Å². The summed E-state index contributed by atoms with van der Waals surface area (Å²) in [5.41, 5.74) is 0. The molecule has 4 N–H and O–H groups in total. The minimum Gasteiger partial charge on any atom is -0.463 e. The van der Waals surface area contributed by atoms with Crippen LogP contribution < -0.4 is 0 Å². The lowest BCUT2D eigenvalue weighted by Gasteiger charge is -2.21. The Labute approximate surface area is 550 Å². The van der Waals surface area contributed by atoms with Gasteiger partial charge in [0.05, 0.1) is 26.4 Å². The molecule has 0 aromatic carbocycles. The first-order chi connectivity index (χ1) is 44.2. The summed E-state index contributed by atoms with van der Waals surface area (Å²) >= 11 is 0. The van der Waals surface area contributed by atoms with E-state index in [4.69, 9.17) is 32.3 Å². The van der Waals surface area contributed by atoms with Crippen LogP contribution in [0.15, 0.2) is 134 Å². The average molecular weight is 1320 g/mol. The Morgan fingerprint density at radius 2 is 0.604 bits per heavy atom. The van der Waals surface area contributed by atoms with Crippen molar-refractivity contribution < 1.29 is 75.8 Å². The maximum atomic E-state index is 12.9. The quantitative estimate of drug-likeness (QED) is 0.0146. The van der Waals surface area contributed by atoms with Gasteiger partial charge in [0.2, 0.25) is 0 Å². The van der Waals surface area contributed by atoms with E-state index in [-0.39, 0.29) is 19.3 Å². The van der Waals surface area contributed by atoms with Gasteiger partial charge in [0.15, 0.2) is 6.10 Å². The molecule has 0 aromatic rings. The second kappa shape index (κ2) is 65.7. The predicted octanol–water partition coefficient (Wildman–Crippen LogP) is 19.2. The van der Waals surface area contributed by atoms with E-state index in [0.29, 0.717) is 19.3 Å². The largest absolute Gasteiger partial charge is 0.472 e.